The molecular formula is C9H18N4O3. The average Bonchev–Trinajstić information content (AvgIpc) is 2.27. The molecule has 0 amide bonds. The van der Waals surface area contributed by atoms with Crippen molar-refractivity contribution >= 4 is 17.6 Å². The average molecular weight is 230 g/mol. The fourth-order valence-corrected chi connectivity index (χ4v) is 1.19. The van der Waals surface area contributed by atoms with Crippen LogP contribution in [-0.4, -0.2) is 57.3 Å². The molecule has 0 radical (unpaired) electrons. The van der Waals surface area contributed by atoms with E-state index in [2.05, 4.69) is 15.5 Å². The highest BCUT2D eigenvalue weighted by molar-refractivity contribution is 5.86. The highest BCUT2D eigenvalue weighted by Gasteiger charge is 2.14. The van der Waals surface area contributed by atoms with Gasteiger partial charge in [0.2, 0.25) is 0 Å². The lowest BCUT2D eigenvalue weighted by molar-refractivity contribution is 0.283. The molecule has 0 aromatic heterocycles. The van der Waals surface area contributed by atoms with Crippen LogP contribution in [0.2, 0.25) is 0 Å². The molecule has 1 unspecified atom stereocenters. The van der Waals surface area contributed by atoms with Crippen LogP contribution in [0, 0.1) is 0 Å². The molecule has 7 nitrogen and oxygen atoms in total. The first-order valence-electron chi connectivity index (χ1n) is 4.81. The number of oxime groups is 3. The van der Waals surface area contributed by atoms with Crippen molar-refractivity contribution in [1.29, 1.82) is 0 Å². The Bertz CT molecular complexity index is 268. The van der Waals surface area contributed by atoms with Gasteiger partial charge in [0.05, 0.1) is 17.6 Å². The summed E-state index contributed by atoms with van der Waals surface area (Å²) in [5.41, 5.74) is 1.04. The van der Waals surface area contributed by atoms with Crippen LogP contribution in [0.3, 0.4) is 0 Å². The molecule has 7 heteroatoms. The molecule has 16 heavy (non-hydrogen) atoms. The van der Waals surface area contributed by atoms with E-state index in [0.717, 1.165) is 0 Å². The van der Waals surface area contributed by atoms with Gasteiger partial charge in [-0.05, 0) is 20.8 Å². The van der Waals surface area contributed by atoms with Crippen molar-refractivity contribution in [2.75, 3.05) is 13.1 Å². The van der Waals surface area contributed by atoms with Gasteiger partial charge < -0.3 is 15.6 Å². The zero-order valence-electron chi connectivity index (χ0n) is 9.70. The van der Waals surface area contributed by atoms with Gasteiger partial charge in [-0.25, -0.2) is 0 Å². The van der Waals surface area contributed by atoms with E-state index in [0.29, 0.717) is 24.5 Å². The minimum atomic E-state index is -0.168. The summed E-state index contributed by atoms with van der Waals surface area (Å²) in [5, 5.41) is 34.7. The first kappa shape index (κ1) is 14.4. The number of rotatable bonds is 6. The Kier molecular flexibility index (Phi) is 6.86. The van der Waals surface area contributed by atoms with Gasteiger partial charge in [-0.2, -0.15) is 0 Å². The fraction of sp³-hybridized carbons (Fsp3) is 0.667. The van der Waals surface area contributed by atoms with Crippen LogP contribution in [0.15, 0.2) is 15.5 Å². The summed E-state index contributed by atoms with van der Waals surface area (Å²) in [6.07, 6.45) is 1.34. The number of hydrogen-bond donors (Lipinski definition) is 3. The summed E-state index contributed by atoms with van der Waals surface area (Å²) in [5.74, 6) is 0. The molecule has 92 valence electrons. The Hall–Kier alpha value is -1.63. The largest absolute Gasteiger partial charge is 0.411 e. The van der Waals surface area contributed by atoms with Gasteiger partial charge in [-0.1, -0.05) is 10.3 Å². The summed E-state index contributed by atoms with van der Waals surface area (Å²) >= 11 is 0. The zero-order valence-corrected chi connectivity index (χ0v) is 9.70. The van der Waals surface area contributed by atoms with E-state index >= 15 is 0 Å². The Balaban J connectivity index is 4.62. The Labute approximate surface area is 94.3 Å². The fourth-order valence-electron chi connectivity index (χ4n) is 1.19. The van der Waals surface area contributed by atoms with Crippen molar-refractivity contribution in [3.63, 3.8) is 0 Å². The van der Waals surface area contributed by atoms with Crippen molar-refractivity contribution in [2.24, 2.45) is 15.5 Å². The van der Waals surface area contributed by atoms with Gasteiger partial charge in [0, 0.05) is 19.1 Å². The predicted molar refractivity (Wildman–Crippen MR) is 61.1 cm³/mol. The monoisotopic (exact) mass is 230 g/mol. The molecule has 0 spiro atoms. The second kappa shape index (κ2) is 7.63. The van der Waals surface area contributed by atoms with Gasteiger partial charge in [0.15, 0.2) is 0 Å². The van der Waals surface area contributed by atoms with E-state index in [-0.39, 0.29) is 6.04 Å². The van der Waals surface area contributed by atoms with Crippen molar-refractivity contribution < 1.29 is 15.6 Å². The van der Waals surface area contributed by atoms with E-state index in [1.807, 2.05) is 11.8 Å². The van der Waals surface area contributed by atoms with Crippen LogP contribution in [0.1, 0.15) is 20.8 Å². The van der Waals surface area contributed by atoms with E-state index in [1.165, 1.54) is 6.21 Å². The van der Waals surface area contributed by atoms with E-state index in [9.17, 15) is 0 Å². The molecule has 0 aliphatic rings. The molecule has 1 atom stereocenters. The minimum Gasteiger partial charge on any atom is -0.411 e. The molecule has 3 N–H and O–H groups in total. The molecule has 0 rings (SSSR count). The van der Waals surface area contributed by atoms with Crippen molar-refractivity contribution in [2.45, 2.75) is 26.8 Å². The van der Waals surface area contributed by atoms with Crippen molar-refractivity contribution in [1.82, 2.24) is 4.90 Å². The molecule has 0 heterocycles. The third-order valence-electron chi connectivity index (χ3n) is 2.06. The molecule has 0 saturated heterocycles. The minimum absolute atomic E-state index is 0.168. The predicted octanol–water partition coefficient (Wildman–Crippen LogP) is 0.837. The van der Waals surface area contributed by atoms with Crippen LogP contribution in [0.25, 0.3) is 0 Å². The van der Waals surface area contributed by atoms with Gasteiger partial charge in [-0.15, -0.1) is 5.16 Å². The lowest BCUT2D eigenvalue weighted by Crippen LogP contribution is -2.40. The molecule has 0 bridgehead atoms. The molecule has 0 aliphatic carbocycles. The van der Waals surface area contributed by atoms with Crippen molar-refractivity contribution in [3.05, 3.63) is 0 Å². The summed E-state index contributed by atoms with van der Waals surface area (Å²) < 4.78 is 0. The molecule has 0 aromatic carbocycles. The van der Waals surface area contributed by atoms with Gasteiger partial charge in [0.1, 0.15) is 0 Å². The van der Waals surface area contributed by atoms with Gasteiger partial charge in [-0.3, -0.25) is 4.90 Å². The van der Waals surface area contributed by atoms with Crippen LogP contribution < -0.4 is 0 Å². The molecule has 0 aromatic rings. The van der Waals surface area contributed by atoms with E-state index < -0.39 is 0 Å². The Morgan fingerprint density at radius 2 is 1.56 bits per heavy atom. The topological polar surface area (TPSA) is 101 Å². The molecular weight excluding hydrogens is 212 g/mol. The first-order valence-corrected chi connectivity index (χ1v) is 4.81. The Morgan fingerprint density at radius 3 is 1.88 bits per heavy atom. The zero-order chi connectivity index (χ0) is 12.6. The summed E-state index contributed by atoms with van der Waals surface area (Å²) in [7, 11) is 0. The smallest absolute Gasteiger partial charge is 0.0680 e. The standard InChI is InChI=1S/C9H18N4O3/c1-7(11-15)5-13(6-8(2)12-16)9(3)4-10-14/h4,9,14-16H,5-6H2,1-3H3/b10-4-,11-7-,12-8-. The maximum Gasteiger partial charge on any atom is 0.0680 e. The highest BCUT2D eigenvalue weighted by atomic mass is 16.4. The van der Waals surface area contributed by atoms with E-state index in [1.54, 1.807) is 13.8 Å². The summed E-state index contributed by atoms with van der Waals surface area (Å²) in [4.78, 5) is 1.82. The van der Waals surface area contributed by atoms with Crippen LogP contribution in [-0.2, 0) is 0 Å². The number of nitrogens with zero attached hydrogens (tertiary/aromatic N) is 4. The molecule has 0 aliphatic heterocycles. The van der Waals surface area contributed by atoms with Crippen LogP contribution in [0.5, 0.6) is 0 Å². The maximum atomic E-state index is 8.59. The molecule has 0 saturated carbocycles. The van der Waals surface area contributed by atoms with Gasteiger partial charge in [0.25, 0.3) is 0 Å². The summed E-state index contributed by atoms with van der Waals surface area (Å²) in [6, 6.07) is -0.168. The molecule has 0 fully saturated rings. The first-order chi connectivity index (χ1) is 7.54. The SMILES string of the molecule is C/C(CN(C/C(C)=N\O)C(C)/C=N\O)=N/O. The number of hydrogen-bond acceptors (Lipinski definition) is 7. The third kappa shape index (κ3) is 5.30. The van der Waals surface area contributed by atoms with Gasteiger partial charge >= 0.3 is 0 Å². The second-order valence-corrected chi connectivity index (χ2v) is 3.58. The second-order valence-electron chi connectivity index (χ2n) is 3.58. The maximum absolute atomic E-state index is 8.59. The lowest BCUT2D eigenvalue weighted by atomic mass is 10.2. The Morgan fingerprint density at radius 1 is 1.12 bits per heavy atom. The lowest BCUT2D eigenvalue weighted by Gasteiger charge is -2.25. The van der Waals surface area contributed by atoms with Crippen LogP contribution >= 0.6 is 0 Å². The normalized spacial score (nSPS) is 16.0. The quantitative estimate of drug-likeness (QED) is 0.357. The van der Waals surface area contributed by atoms with Crippen LogP contribution in [0.4, 0.5) is 0 Å². The van der Waals surface area contributed by atoms with Crippen molar-refractivity contribution in [3.8, 4) is 0 Å². The highest BCUT2D eigenvalue weighted by Crippen LogP contribution is 1.99. The van der Waals surface area contributed by atoms with E-state index in [4.69, 9.17) is 15.6 Å². The third-order valence-corrected chi connectivity index (χ3v) is 2.06. The summed E-state index contributed by atoms with van der Waals surface area (Å²) in [6.45, 7) is 5.92.